The average Bonchev–Trinajstić information content (AvgIpc) is 3.17. The first-order valence-electron chi connectivity index (χ1n) is 7.12. The molecule has 0 radical (unpaired) electrons. The van der Waals surface area contributed by atoms with Gasteiger partial charge in [-0.3, -0.25) is 0 Å². The summed E-state index contributed by atoms with van der Waals surface area (Å²) in [5, 5.41) is 7.78. The van der Waals surface area contributed by atoms with E-state index in [-0.39, 0.29) is 0 Å². The van der Waals surface area contributed by atoms with Gasteiger partial charge in [-0.2, -0.15) is 0 Å². The van der Waals surface area contributed by atoms with Crippen LogP contribution in [0.1, 0.15) is 6.42 Å². The predicted molar refractivity (Wildman–Crippen MR) is 82.0 cm³/mol. The molecular weight excluding hydrogens is 264 g/mol. The highest BCUT2D eigenvalue weighted by Crippen LogP contribution is 2.21. The fraction of sp³-hybridized carbons (Fsp3) is 0.267. The van der Waals surface area contributed by atoms with Crippen molar-refractivity contribution in [1.29, 1.82) is 0 Å². The molecule has 1 aliphatic heterocycles. The van der Waals surface area contributed by atoms with E-state index in [1.165, 1.54) is 0 Å². The highest BCUT2D eigenvalue weighted by Gasteiger charge is 2.15. The van der Waals surface area contributed by atoms with Gasteiger partial charge in [-0.15, -0.1) is 0 Å². The third-order valence-corrected chi connectivity index (χ3v) is 3.75. The van der Waals surface area contributed by atoms with Gasteiger partial charge in [0.1, 0.15) is 5.65 Å². The summed E-state index contributed by atoms with van der Waals surface area (Å²) in [7, 11) is 0. The number of hydrogen-bond donors (Lipinski definition) is 3. The highest BCUT2D eigenvalue weighted by molar-refractivity contribution is 5.80. The third kappa shape index (κ3) is 2.45. The van der Waals surface area contributed by atoms with Crippen LogP contribution in [0.5, 0.6) is 0 Å². The number of nitrogens with one attached hydrogen (secondary N) is 3. The van der Waals surface area contributed by atoms with E-state index in [1.807, 2.05) is 24.5 Å². The third-order valence-electron chi connectivity index (χ3n) is 3.75. The van der Waals surface area contributed by atoms with Gasteiger partial charge >= 0.3 is 0 Å². The van der Waals surface area contributed by atoms with Crippen molar-refractivity contribution < 1.29 is 0 Å². The molecule has 0 spiro atoms. The van der Waals surface area contributed by atoms with E-state index < -0.39 is 0 Å². The Morgan fingerprint density at radius 3 is 3.14 bits per heavy atom. The predicted octanol–water partition coefficient (Wildman–Crippen LogP) is 1.79. The van der Waals surface area contributed by atoms with Crippen molar-refractivity contribution in [1.82, 2.24) is 25.3 Å². The van der Waals surface area contributed by atoms with Crippen LogP contribution in [-0.2, 0) is 0 Å². The van der Waals surface area contributed by atoms with E-state index in [1.54, 1.807) is 6.20 Å². The molecule has 0 aliphatic carbocycles. The topological polar surface area (TPSA) is 78.5 Å². The first kappa shape index (κ1) is 12.3. The molecule has 1 saturated heterocycles. The van der Waals surface area contributed by atoms with Crippen LogP contribution in [0.25, 0.3) is 22.3 Å². The number of rotatable bonds is 3. The van der Waals surface area contributed by atoms with Crippen molar-refractivity contribution in [3.05, 3.63) is 36.8 Å². The molecule has 1 atom stereocenters. The molecule has 3 aromatic rings. The number of fused-ring (bicyclic) bond motifs is 1. The first-order chi connectivity index (χ1) is 10.4. The lowest BCUT2D eigenvalue weighted by Crippen LogP contribution is -2.23. The Kier molecular flexibility index (Phi) is 3.01. The molecule has 0 aromatic carbocycles. The molecule has 21 heavy (non-hydrogen) atoms. The summed E-state index contributed by atoms with van der Waals surface area (Å²) in [6.07, 6.45) is 6.61. The molecule has 1 unspecified atom stereocenters. The summed E-state index contributed by atoms with van der Waals surface area (Å²) in [6, 6.07) is 6.41. The number of anilines is 1. The number of hydrogen-bond acceptors (Lipinski definition) is 5. The highest BCUT2D eigenvalue weighted by atomic mass is 15.1. The van der Waals surface area contributed by atoms with Crippen LogP contribution in [0.4, 0.5) is 5.95 Å². The molecule has 4 heterocycles. The van der Waals surface area contributed by atoms with Gasteiger partial charge in [-0.05, 0) is 31.2 Å². The zero-order valence-corrected chi connectivity index (χ0v) is 11.5. The second-order valence-electron chi connectivity index (χ2n) is 5.24. The van der Waals surface area contributed by atoms with Crippen molar-refractivity contribution >= 4 is 17.0 Å². The van der Waals surface area contributed by atoms with Crippen LogP contribution in [0.2, 0.25) is 0 Å². The molecule has 0 saturated carbocycles. The molecule has 3 N–H and O–H groups in total. The second-order valence-corrected chi connectivity index (χ2v) is 5.24. The standard InChI is InChI=1S/C15H16N6/c1-5-17-14-10(1)7-11(8-19-14)13-3-6-18-15(21-13)20-12-2-4-16-9-12/h1,3,5-8,12,16H,2,4,9H2,(H,17,19)(H,18,20,21). The zero-order chi connectivity index (χ0) is 14.1. The van der Waals surface area contributed by atoms with E-state index in [4.69, 9.17) is 0 Å². The molecule has 6 heteroatoms. The molecule has 3 aromatic heterocycles. The van der Waals surface area contributed by atoms with E-state index >= 15 is 0 Å². The minimum absolute atomic E-state index is 0.408. The Bertz CT molecular complexity index is 759. The molecule has 4 rings (SSSR count). The summed E-state index contributed by atoms with van der Waals surface area (Å²) in [6.45, 7) is 2.01. The van der Waals surface area contributed by atoms with E-state index in [9.17, 15) is 0 Å². The fourth-order valence-electron chi connectivity index (χ4n) is 2.63. The molecule has 106 valence electrons. The zero-order valence-electron chi connectivity index (χ0n) is 11.5. The molecular formula is C15H16N6. The maximum absolute atomic E-state index is 4.60. The summed E-state index contributed by atoms with van der Waals surface area (Å²) in [5.74, 6) is 0.676. The number of pyridine rings is 1. The van der Waals surface area contributed by atoms with E-state index in [0.29, 0.717) is 12.0 Å². The summed E-state index contributed by atoms with van der Waals surface area (Å²) in [4.78, 5) is 16.4. The average molecular weight is 280 g/mol. The lowest BCUT2D eigenvalue weighted by Gasteiger charge is -2.11. The minimum Gasteiger partial charge on any atom is -0.350 e. The van der Waals surface area contributed by atoms with Crippen molar-refractivity contribution in [2.75, 3.05) is 18.4 Å². The molecule has 1 fully saturated rings. The summed E-state index contributed by atoms with van der Waals surface area (Å²) >= 11 is 0. The Hall–Kier alpha value is -2.47. The van der Waals surface area contributed by atoms with Gasteiger partial charge in [0.2, 0.25) is 5.95 Å². The lowest BCUT2D eigenvalue weighted by molar-refractivity contribution is 0.781. The van der Waals surface area contributed by atoms with Crippen LogP contribution >= 0.6 is 0 Å². The smallest absolute Gasteiger partial charge is 0.223 e. The molecule has 0 amide bonds. The van der Waals surface area contributed by atoms with Crippen molar-refractivity contribution in [2.45, 2.75) is 12.5 Å². The van der Waals surface area contributed by atoms with Crippen LogP contribution in [-0.4, -0.2) is 39.1 Å². The van der Waals surface area contributed by atoms with E-state index in [0.717, 1.165) is 41.8 Å². The second kappa shape index (κ2) is 5.14. The Morgan fingerprint density at radius 2 is 2.24 bits per heavy atom. The Morgan fingerprint density at radius 1 is 1.24 bits per heavy atom. The van der Waals surface area contributed by atoms with Gasteiger partial charge in [0.15, 0.2) is 0 Å². The maximum Gasteiger partial charge on any atom is 0.223 e. The van der Waals surface area contributed by atoms with Gasteiger partial charge in [-0.1, -0.05) is 0 Å². The van der Waals surface area contributed by atoms with Gasteiger partial charge < -0.3 is 15.6 Å². The number of aromatic amines is 1. The van der Waals surface area contributed by atoms with Gasteiger partial charge in [0.05, 0.1) is 5.69 Å². The number of nitrogens with zero attached hydrogens (tertiary/aromatic N) is 3. The maximum atomic E-state index is 4.60. The molecule has 0 bridgehead atoms. The van der Waals surface area contributed by atoms with Crippen LogP contribution < -0.4 is 10.6 Å². The van der Waals surface area contributed by atoms with Gasteiger partial charge in [0, 0.05) is 42.1 Å². The van der Waals surface area contributed by atoms with Crippen molar-refractivity contribution in [2.24, 2.45) is 0 Å². The van der Waals surface area contributed by atoms with Gasteiger partial charge in [0.25, 0.3) is 0 Å². The summed E-state index contributed by atoms with van der Waals surface area (Å²) < 4.78 is 0. The largest absolute Gasteiger partial charge is 0.350 e. The van der Waals surface area contributed by atoms with Crippen LogP contribution in [0, 0.1) is 0 Å². The van der Waals surface area contributed by atoms with Crippen LogP contribution in [0.3, 0.4) is 0 Å². The van der Waals surface area contributed by atoms with E-state index in [2.05, 4.69) is 36.6 Å². The first-order valence-corrected chi connectivity index (χ1v) is 7.12. The number of H-pyrrole nitrogens is 1. The monoisotopic (exact) mass is 280 g/mol. The van der Waals surface area contributed by atoms with Crippen molar-refractivity contribution in [3.8, 4) is 11.3 Å². The summed E-state index contributed by atoms with van der Waals surface area (Å²) in [5.41, 5.74) is 2.77. The normalized spacial score (nSPS) is 18.2. The minimum atomic E-state index is 0.408. The van der Waals surface area contributed by atoms with Gasteiger partial charge in [-0.25, -0.2) is 15.0 Å². The molecule has 1 aliphatic rings. The number of aromatic nitrogens is 4. The molecule has 6 nitrogen and oxygen atoms in total. The lowest BCUT2D eigenvalue weighted by atomic mass is 10.2. The Balaban J connectivity index is 1.64. The fourth-order valence-corrected chi connectivity index (χ4v) is 2.63. The quantitative estimate of drug-likeness (QED) is 0.682. The SMILES string of the molecule is c1cc(-c2cnc3[nH]ccc3c2)nc(NC2CCNC2)n1. The van der Waals surface area contributed by atoms with Crippen LogP contribution in [0.15, 0.2) is 36.8 Å². The Labute approximate surface area is 122 Å². The van der Waals surface area contributed by atoms with Crippen molar-refractivity contribution in [3.63, 3.8) is 0 Å².